The van der Waals surface area contributed by atoms with Gasteiger partial charge in [0.05, 0.1) is 40.1 Å². The largest absolute Gasteiger partial charge is 0.496 e. The van der Waals surface area contributed by atoms with Crippen molar-refractivity contribution in [2.45, 2.75) is 30.5 Å². The Morgan fingerprint density at radius 3 is 2.25 bits per heavy atom. The number of ether oxygens (including phenoxy) is 6. The molecule has 1 aliphatic carbocycles. The van der Waals surface area contributed by atoms with E-state index in [1.54, 1.807) is 28.4 Å². The average Bonchev–Trinajstić information content (AvgIpc) is 3.30. The first-order valence-corrected chi connectivity index (χ1v) is 10.7. The van der Waals surface area contributed by atoms with E-state index in [4.69, 9.17) is 28.4 Å². The molecule has 32 heavy (non-hydrogen) atoms. The Morgan fingerprint density at radius 1 is 0.938 bits per heavy atom. The zero-order valence-electron chi connectivity index (χ0n) is 19.0. The zero-order chi connectivity index (χ0) is 22.6. The number of likely N-dealkylation sites (N-methyl/N-ethyl adjacent to an activating group) is 1. The molecule has 0 amide bonds. The van der Waals surface area contributed by atoms with Crippen LogP contribution in [0, 0.1) is 0 Å². The monoisotopic (exact) mass is 443 g/mol. The van der Waals surface area contributed by atoms with Crippen LogP contribution in [0.15, 0.2) is 18.2 Å². The zero-order valence-corrected chi connectivity index (χ0v) is 19.0. The maximum Gasteiger partial charge on any atom is 0.231 e. The number of hydrogen-bond donors (Lipinski definition) is 1. The van der Waals surface area contributed by atoms with Gasteiger partial charge in [-0.15, -0.1) is 0 Å². The lowest BCUT2D eigenvalue weighted by molar-refractivity contribution is 0.0259. The molecule has 0 saturated heterocycles. The first-order valence-electron chi connectivity index (χ1n) is 10.7. The van der Waals surface area contributed by atoms with Crippen molar-refractivity contribution >= 4 is 0 Å². The van der Waals surface area contributed by atoms with Crippen LogP contribution >= 0.6 is 0 Å². The smallest absolute Gasteiger partial charge is 0.231 e. The molecule has 2 aliphatic heterocycles. The van der Waals surface area contributed by atoms with Gasteiger partial charge in [0.25, 0.3) is 0 Å². The summed E-state index contributed by atoms with van der Waals surface area (Å²) in [7, 11) is 8.70. The van der Waals surface area contributed by atoms with Crippen LogP contribution in [0.5, 0.6) is 28.7 Å². The molecule has 0 fully saturated rings. The van der Waals surface area contributed by atoms with Gasteiger partial charge in [-0.3, -0.25) is 4.90 Å². The molecular formula is C24H29NO7. The number of hydrogen-bond acceptors (Lipinski definition) is 8. The molecule has 0 spiro atoms. The lowest BCUT2D eigenvalue weighted by atomic mass is 9.69. The van der Waals surface area contributed by atoms with Crippen LogP contribution in [0.2, 0.25) is 0 Å². The molecule has 3 unspecified atom stereocenters. The molecule has 0 radical (unpaired) electrons. The molecule has 172 valence electrons. The molecule has 2 heterocycles. The second kappa shape index (κ2) is 8.03. The molecule has 2 aromatic rings. The van der Waals surface area contributed by atoms with Gasteiger partial charge in [-0.2, -0.15) is 0 Å². The molecule has 8 nitrogen and oxygen atoms in total. The summed E-state index contributed by atoms with van der Waals surface area (Å²) in [4.78, 5) is 2.21. The third kappa shape index (κ3) is 2.86. The van der Waals surface area contributed by atoms with Crippen LogP contribution in [0.3, 0.4) is 0 Å². The topological polar surface area (TPSA) is 78.9 Å². The summed E-state index contributed by atoms with van der Waals surface area (Å²) in [5.74, 6) is 3.47. The Kier molecular flexibility index (Phi) is 5.31. The van der Waals surface area contributed by atoms with E-state index in [2.05, 4.69) is 4.90 Å². The van der Waals surface area contributed by atoms with Crippen LogP contribution in [0.1, 0.15) is 52.8 Å². The van der Waals surface area contributed by atoms with Crippen molar-refractivity contribution in [3.8, 4) is 28.7 Å². The number of methoxy groups -OCH3 is 4. The maximum atomic E-state index is 10.5. The van der Waals surface area contributed by atoms with Gasteiger partial charge in [0.1, 0.15) is 5.75 Å². The summed E-state index contributed by atoms with van der Waals surface area (Å²) in [6.45, 7) is 0.0947. The third-order valence-corrected chi connectivity index (χ3v) is 7.12. The summed E-state index contributed by atoms with van der Waals surface area (Å²) in [5, 5.41) is 10.5. The highest BCUT2D eigenvalue weighted by atomic mass is 16.7. The van der Waals surface area contributed by atoms with E-state index in [0.717, 1.165) is 34.4 Å². The highest BCUT2D eigenvalue weighted by Crippen LogP contribution is 2.61. The van der Waals surface area contributed by atoms with Gasteiger partial charge >= 0.3 is 0 Å². The Balaban J connectivity index is 1.77. The molecule has 8 heteroatoms. The van der Waals surface area contributed by atoms with Crippen molar-refractivity contribution in [2.24, 2.45) is 0 Å². The van der Waals surface area contributed by atoms with E-state index in [0.29, 0.717) is 23.0 Å². The lowest BCUT2D eigenvalue weighted by Gasteiger charge is -2.50. The van der Waals surface area contributed by atoms with Crippen molar-refractivity contribution < 1.29 is 33.5 Å². The minimum Gasteiger partial charge on any atom is -0.496 e. The number of nitrogens with zero attached hydrogens (tertiary/aromatic N) is 1. The SMILES string of the molecule is COc1cc2c(cc1OC)C1C(CC2OC)c2c(OC)cc3c(c2[C@H](CO)N1C)OCO3. The van der Waals surface area contributed by atoms with Gasteiger partial charge in [0, 0.05) is 36.3 Å². The standard InChI is InChI=1S/C24H29NO7/c1-25-15(10-26)22-21(19(30-5)9-20-24(22)32-11-31-20)14-8-16(27-2)12-6-17(28-3)18(29-4)7-13(12)23(14)25/h6-7,9,14-16,23,26H,8,10-11H2,1-5H3/t14?,15-,16?,23?/m0/s1. The predicted octanol–water partition coefficient (Wildman–Crippen LogP) is 3.34. The van der Waals surface area contributed by atoms with Crippen molar-refractivity contribution in [1.82, 2.24) is 4.90 Å². The van der Waals surface area contributed by atoms with E-state index < -0.39 is 0 Å². The summed E-state index contributed by atoms with van der Waals surface area (Å²) in [6.07, 6.45) is 0.614. The van der Waals surface area contributed by atoms with Crippen LogP contribution in [0.4, 0.5) is 0 Å². The van der Waals surface area contributed by atoms with Gasteiger partial charge in [0.2, 0.25) is 6.79 Å². The van der Waals surface area contributed by atoms with Crippen molar-refractivity contribution in [3.63, 3.8) is 0 Å². The van der Waals surface area contributed by atoms with Gasteiger partial charge in [0.15, 0.2) is 23.0 Å². The Hall–Kier alpha value is -2.68. The molecule has 2 aromatic carbocycles. The minimum atomic E-state index is -0.281. The summed E-state index contributed by atoms with van der Waals surface area (Å²) in [5.41, 5.74) is 4.14. The highest BCUT2D eigenvalue weighted by molar-refractivity contribution is 5.63. The fourth-order valence-corrected chi connectivity index (χ4v) is 5.71. The highest BCUT2D eigenvalue weighted by Gasteiger charge is 2.49. The number of rotatable bonds is 5. The fourth-order valence-electron chi connectivity index (χ4n) is 5.71. The van der Waals surface area contributed by atoms with Crippen molar-refractivity contribution in [3.05, 3.63) is 40.5 Å². The van der Waals surface area contributed by atoms with Crippen LogP contribution in [0.25, 0.3) is 0 Å². The molecule has 5 rings (SSSR count). The number of benzene rings is 2. The first-order chi connectivity index (χ1) is 15.6. The summed E-state index contributed by atoms with van der Waals surface area (Å²) < 4.78 is 34.5. The van der Waals surface area contributed by atoms with Crippen LogP contribution in [-0.2, 0) is 4.74 Å². The maximum absolute atomic E-state index is 10.5. The molecule has 4 atom stereocenters. The predicted molar refractivity (Wildman–Crippen MR) is 116 cm³/mol. The second-order valence-corrected chi connectivity index (χ2v) is 8.35. The quantitative estimate of drug-likeness (QED) is 0.754. The second-order valence-electron chi connectivity index (χ2n) is 8.35. The number of aliphatic hydroxyl groups is 1. The fraction of sp³-hybridized carbons (Fsp3) is 0.500. The lowest BCUT2D eigenvalue weighted by Crippen LogP contribution is -2.43. The van der Waals surface area contributed by atoms with E-state index >= 15 is 0 Å². The summed E-state index contributed by atoms with van der Waals surface area (Å²) >= 11 is 0. The van der Waals surface area contributed by atoms with Crippen LogP contribution < -0.4 is 23.7 Å². The molecule has 1 N–H and O–H groups in total. The molecule has 0 bridgehead atoms. The van der Waals surface area contributed by atoms with Gasteiger partial charge in [-0.1, -0.05) is 0 Å². The first kappa shape index (κ1) is 21.2. The summed E-state index contributed by atoms with van der Waals surface area (Å²) in [6, 6.07) is 5.63. The van der Waals surface area contributed by atoms with Gasteiger partial charge in [-0.25, -0.2) is 0 Å². The van der Waals surface area contributed by atoms with E-state index in [-0.39, 0.29) is 37.5 Å². The van der Waals surface area contributed by atoms with Crippen molar-refractivity contribution in [1.29, 1.82) is 0 Å². The Labute approximate surface area is 187 Å². The van der Waals surface area contributed by atoms with E-state index in [1.165, 1.54) is 0 Å². The molecule has 3 aliphatic rings. The minimum absolute atomic E-state index is 0.0184. The number of fused-ring (bicyclic) bond motifs is 7. The Bertz CT molecular complexity index is 1040. The van der Waals surface area contributed by atoms with Gasteiger partial charge < -0.3 is 33.5 Å². The van der Waals surface area contributed by atoms with Crippen molar-refractivity contribution in [2.75, 3.05) is 48.9 Å². The van der Waals surface area contributed by atoms with Gasteiger partial charge in [-0.05, 0) is 36.7 Å². The van der Waals surface area contributed by atoms with E-state index in [9.17, 15) is 5.11 Å². The average molecular weight is 443 g/mol. The third-order valence-electron chi connectivity index (χ3n) is 7.12. The molecular weight excluding hydrogens is 414 g/mol. The van der Waals surface area contributed by atoms with Crippen LogP contribution in [-0.4, -0.2) is 58.9 Å². The molecule has 0 saturated carbocycles. The Morgan fingerprint density at radius 2 is 1.62 bits per heavy atom. The number of aliphatic hydroxyl groups excluding tert-OH is 1. The van der Waals surface area contributed by atoms with E-state index in [1.807, 2.05) is 25.2 Å². The molecule has 0 aromatic heterocycles. The normalized spacial score (nSPS) is 25.6.